The molecule has 2 aromatic rings. The van der Waals surface area contributed by atoms with Gasteiger partial charge in [0.25, 0.3) is 5.91 Å². The summed E-state index contributed by atoms with van der Waals surface area (Å²) >= 11 is 3.16. The third-order valence-electron chi connectivity index (χ3n) is 4.58. The van der Waals surface area contributed by atoms with E-state index in [2.05, 4.69) is 26.3 Å². The van der Waals surface area contributed by atoms with Gasteiger partial charge in [-0.3, -0.25) is 4.79 Å². The number of benzene rings is 1. The molecule has 158 valence electrons. The Labute approximate surface area is 177 Å². The quantitative estimate of drug-likeness (QED) is 0.697. The molecule has 1 fully saturated rings. The van der Waals surface area contributed by atoms with E-state index in [4.69, 9.17) is 4.74 Å². The lowest BCUT2D eigenvalue weighted by atomic mass is 9.92. The van der Waals surface area contributed by atoms with Crippen LogP contribution in [0, 0.1) is 5.82 Å². The van der Waals surface area contributed by atoms with Crippen LogP contribution in [-0.2, 0) is 20.0 Å². The van der Waals surface area contributed by atoms with Gasteiger partial charge >= 0.3 is 0 Å². The minimum atomic E-state index is -3.11. The predicted octanol–water partition coefficient (Wildman–Crippen LogP) is 3.46. The smallest absolute Gasteiger partial charge is 0.263 e. The minimum Gasteiger partial charge on any atom is -0.481 e. The Morgan fingerprint density at radius 2 is 2.10 bits per heavy atom. The van der Waals surface area contributed by atoms with Gasteiger partial charge in [-0.15, -0.1) is 0 Å². The molecular formula is C19H23BrFN3O4S. The molecular weight excluding hydrogens is 465 g/mol. The molecule has 3 rings (SSSR count). The summed E-state index contributed by atoms with van der Waals surface area (Å²) in [6.45, 7) is 5.56. The number of hydrogen-bond acceptors (Lipinski definition) is 5. The molecule has 0 bridgehead atoms. The van der Waals surface area contributed by atoms with Crippen molar-refractivity contribution in [3.63, 3.8) is 0 Å². The van der Waals surface area contributed by atoms with Crippen LogP contribution in [0.3, 0.4) is 0 Å². The van der Waals surface area contributed by atoms with E-state index in [0.717, 1.165) is 5.69 Å². The van der Waals surface area contributed by atoms with Crippen LogP contribution < -0.4 is 10.1 Å². The van der Waals surface area contributed by atoms with Crippen LogP contribution in [0.5, 0.6) is 5.75 Å². The SMILES string of the molecule is CC(C)(C)c1cc(NC(=O)COc2ccc(Br)cc2F)n(C2CCS(=O)(=O)C2)n1. The highest BCUT2D eigenvalue weighted by molar-refractivity contribution is 9.10. The molecule has 0 radical (unpaired) electrons. The third kappa shape index (κ3) is 5.36. The van der Waals surface area contributed by atoms with Crippen LogP contribution in [-0.4, -0.2) is 42.2 Å². The molecule has 7 nitrogen and oxygen atoms in total. The number of halogens is 2. The maximum Gasteiger partial charge on any atom is 0.263 e. The van der Waals surface area contributed by atoms with Gasteiger partial charge in [0.1, 0.15) is 5.82 Å². The summed E-state index contributed by atoms with van der Waals surface area (Å²) < 4.78 is 45.0. The fraction of sp³-hybridized carbons (Fsp3) is 0.474. The normalized spacial score (nSPS) is 18.6. The van der Waals surface area contributed by atoms with Crippen LogP contribution in [0.25, 0.3) is 0 Å². The van der Waals surface area contributed by atoms with E-state index in [0.29, 0.717) is 16.7 Å². The van der Waals surface area contributed by atoms with Crippen LogP contribution in [0.4, 0.5) is 10.2 Å². The van der Waals surface area contributed by atoms with E-state index in [1.54, 1.807) is 16.8 Å². The van der Waals surface area contributed by atoms with Gasteiger partial charge in [-0.1, -0.05) is 36.7 Å². The molecule has 0 saturated carbocycles. The van der Waals surface area contributed by atoms with Gasteiger partial charge < -0.3 is 10.1 Å². The number of nitrogens with zero attached hydrogens (tertiary/aromatic N) is 2. The molecule has 1 saturated heterocycles. The zero-order valence-electron chi connectivity index (χ0n) is 16.4. The highest BCUT2D eigenvalue weighted by Gasteiger charge is 2.33. The van der Waals surface area contributed by atoms with Crippen molar-refractivity contribution >= 4 is 37.5 Å². The number of aromatic nitrogens is 2. The van der Waals surface area contributed by atoms with Crippen molar-refractivity contribution in [2.24, 2.45) is 0 Å². The van der Waals surface area contributed by atoms with Gasteiger partial charge in [0.2, 0.25) is 0 Å². The molecule has 0 spiro atoms. The van der Waals surface area contributed by atoms with E-state index in [1.165, 1.54) is 12.1 Å². The zero-order chi connectivity index (χ0) is 21.4. The Morgan fingerprint density at radius 1 is 1.38 bits per heavy atom. The summed E-state index contributed by atoms with van der Waals surface area (Å²) in [6, 6.07) is 5.69. The Kier molecular flexibility index (Phi) is 6.05. The first-order chi connectivity index (χ1) is 13.4. The average molecular weight is 488 g/mol. The number of carbonyl (C=O) groups is 1. The summed E-state index contributed by atoms with van der Waals surface area (Å²) in [5.41, 5.74) is 0.455. The van der Waals surface area contributed by atoms with Crippen molar-refractivity contribution in [3.8, 4) is 5.75 Å². The number of ether oxygens (including phenoxy) is 1. The van der Waals surface area contributed by atoms with Gasteiger partial charge in [-0.05, 0) is 24.6 Å². The van der Waals surface area contributed by atoms with Gasteiger partial charge in [0.05, 0.1) is 23.2 Å². The molecule has 1 amide bonds. The highest BCUT2D eigenvalue weighted by Crippen LogP contribution is 2.31. The van der Waals surface area contributed by atoms with Crippen molar-refractivity contribution in [2.75, 3.05) is 23.4 Å². The highest BCUT2D eigenvalue weighted by atomic mass is 79.9. The molecule has 10 heteroatoms. The monoisotopic (exact) mass is 487 g/mol. The third-order valence-corrected chi connectivity index (χ3v) is 6.82. The predicted molar refractivity (Wildman–Crippen MR) is 111 cm³/mol. The first-order valence-corrected chi connectivity index (χ1v) is 11.7. The van der Waals surface area contributed by atoms with Crippen LogP contribution in [0.15, 0.2) is 28.7 Å². The van der Waals surface area contributed by atoms with Crippen LogP contribution in [0.2, 0.25) is 0 Å². The fourth-order valence-corrected chi connectivity index (χ4v) is 5.04. The van der Waals surface area contributed by atoms with E-state index in [1.807, 2.05) is 20.8 Å². The number of anilines is 1. The van der Waals surface area contributed by atoms with Crippen molar-refractivity contribution < 1.29 is 22.3 Å². The van der Waals surface area contributed by atoms with Crippen molar-refractivity contribution in [3.05, 3.63) is 40.2 Å². The lowest BCUT2D eigenvalue weighted by molar-refractivity contribution is -0.118. The average Bonchev–Trinajstić information content (AvgIpc) is 3.17. The van der Waals surface area contributed by atoms with E-state index in [9.17, 15) is 17.6 Å². The topological polar surface area (TPSA) is 90.3 Å². The summed E-state index contributed by atoms with van der Waals surface area (Å²) in [6.07, 6.45) is 0.442. The standard InChI is InChI=1S/C19H23BrFN3O4S/c1-19(2,3)16-9-17(24(23-16)13-6-7-29(26,27)11-13)22-18(25)10-28-15-5-4-12(20)8-14(15)21/h4-5,8-9,13H,6-7,10-11H2,1-3H3,(H,22,25). The lowest BCUT2D eigenvalue weighted by Gasteiger charge is -2.15. The maximum absolute atomic E-state index is 13.8. The summed E-state index contributed by atoms with van der Waals surface area (Å²) in [5.74, 6) is -0.613. The number of nitrogens with one attached hydrogen (secondary N) is 1. The molecule has 1 unspecified atom stereocenters. The van der Waals surface area contributed by atoms with Gasteiger partial charge in [0.15, 0.2) is 28.0 Å². The first kappa shape index (κ1) is 21.8. The molecule has 2 heterocycles. The number of hydrogen-bond donors (Lipinski definition) is 1. The zero-order valence-corrected chi connectivity index (χ0v) is 18.8. The molecule has 0 aliphatic carbocycles. The fourth-order valence-electron chi connectivity index (χ4n) is 3.02. The van der Waals surface area contributed by atoms with E-state index in [-0.39, 0.29) is 28.7 Å². The number of sulfone groups is 1. The maximum atomic E-state index is 13.8. The first-order valence-electron chi connectivity index (χ1n) is 9.13. The summed E-state index contributed by atoms with van der Waals surface area (Å²) in [4.78, 5) is 12.4. The van der Waals surface area contributed by atoms with Gasteiger partial charge in [0, 0.05) is 16.0 Å². The molecule has 1 aliphatic rings. The number of rotatable bonds is 5. The Hall–Kier alpha value is -1.94. The van der Waals surface area contributed by atoms with E-state index >= 15 is 0 Å². The van der Waals surface area contributed by atoms with Crippen LogP contribution >= 0.6 is 15.9 Å². The number of amides is 1. The van der Waals surface area contributed by atoms with Crippen molar-refractivity contribution in [1.29, 1.82) is 0 Å². The molecule has 1 aromatic carbocycles. The molecule has 1 aliphatic heterocycles. The molecule has 1 atom stereocenters. The van der Waals surface area contributed by atoms with Gasteiger partial charge in [-0.25, -0.2) is 17.5 Å². The molecule has 1 N–H and O–H groups in total. The van der Waals surface area contributed by atoms with Crippen molar-refractivity contribution in [1.82, 2.24) is 9.78 Å². The molecule has 29 heavy (non-hydrogen) atoms. The second kappa shape index (κ2) is 8.06. The summed E-state index contributed by atoms with van der Waals surface area (Å²) in [5, 5.41) is 7.27. The summed E-state index contributed by atoms with van der Waals surface area (Å²) in [7, 11) is -3.11. The van der Waals surface area contributed by atoms with Gasteiger partial charge in [-0.2, -0.15) is 5.10 Å². The largest absolute Gasteiger partial charge is 0.481 e. The molecule has 1 aromatic heterocycles. The Balaban J connectivity index is 1.76. The Morgan fingerprint density at radius 3 is 2.69 bits per heavy atom. The second-order valence-electron chi connectivity index (χ2n) is 8.08. The Bertz CT molecular complexity index is 1030. The van der Waals surface area contributed by atoms with Crippen molar-refractivity contribution in [2.45, 2.75) is 38.6 Å². The lowest BCUT2D eigenvalue weighted by Crippen LogP contribution is -2.24. The van der Waals surface area contributed by atoms with Crippen LogP contribution in [0.1, 0.15) is 38.9 Å². The van der Waals surface area contributed by atoms with E-state index < -0.39 is 28.2 Å². The minimum absolute atomic E-state index is 0.0122. The number of carbonyl (C=O) groups excluding carboxylic acids is 1. The second-order valence-corrected chi connectivity index (χ2v) is 11.2.